The third-order valence-electron chi connectivity index (χ3n) is 5.65. The van der Waals surface area contributed by atoms with Crippen LogP contribution in [-0.4, -0.2) is 49.0 Å². The van der Waals surface area contributed by atoms with Gasteiger partial charge in [0.15, 0.2) is 0 Å². The SMILES string of the molecule is O=S(=O)(c1ccc(-c2ccc(Cl)c(Cl)c2)cc1)N1Cc2cnc(N3CCOCC3)nc2C1. The number of morpholine rings is 1. The fraction of sp³-hybridized carbons (Fsp3) is 0.273. The first-order valence-electron chi connectivity index (χ1n) is 10.1. The van der Waals surface area contributed by atoms with Crippen LogP contribution in [0.5, 0.6) is 0 Å². The average Bonchev–Trinajstić information content (AvgIpc) is 3.26. The maximum absolute atomic E-state index is 13.2. The molecular weight excluding hydrogens is 471 g/mol. The summed E-state index contributed by atoms with van der Waals surface area (Å²) in [5.74, 6) is 0.622. The Morgan fingerprint density at radius 2 is 1.62 bits per heavy atom. The molecule has 0 unspecified atom stereocenters. The monoisotopic (exact) mass is 490 g/mol. The normalized spacial score (nSPS) is 16.9. The zero-order valence-corrected chi connectivity index (χ0v) is 19.4. The summed E-state index contributed by atoms with van der Waals surface area (Å²) in [5, 5.41) is 0.927. The standard InChI is InChI=1S/C22H20Cl2N4O3S/c23-19-6-3-16(11-20(19)24)15-1-4-18(5-2-15)32(29,30)28-13-17-12-25-22(26-21(17)14-28)27-7-9-31-10-8-27/h1-6,11-12H,7-10,13-14H2. The second kappa shape index (κ2) is 8.61. The van der Waals surface area contributed by atoms with Crippen molar-refractivity contribution in [1.29, 1.82) is 0 Å². The predicted molar refractivity (Wildman–Crippen MR) is 123 cm³/mol. The first-order chi connectivity index (χ1) is 15.4. The first kappa shape index (κ1) is 21.6. The summed E-state index contributed by atoms with van der Waals surface area (Å²) in [6, 6.07) is 12.1. The van der Waals surface area contributed by atoms with Gasteiger partial charge in [0.1, 0.15) is 0 Å². The third kappa shape index (κ3) is 4.09. The highest BCUT2D eigenvalue weighted by Gasteiger charge is 2.32. The lowest BCUT2D eigenvalue weighted by atomic mass is 10.1. The molecule has 0 bridgehead atoms. The van der Waals surface area contributed by atoms with Crippen molar-refractivity contribution in [2.75, 3.05) is 31.2 Å². The number of aromatic nitrogens is 2. The van der Waals surface area contributed by atoms with Crippen LogP contribution < -0.4 is 4.90 Å². The van der Waals surface area contributed by atoms with Crippen LogP contribution in [0.25, 0.3) is 11.1 Å². The van der Waals surface area contributed by atoms with Crippen molar-refractivity contribution in [2.24, 2.45) is 0 Å². The van der Waals surface area contributed by atoms with Crippen molar-refractivity contribution in [3.63, 3.8) is 0 Å². The van der Waals surface area contributed by atoms with Gasteiger partial charge >= 0.3 is 0 Å². The Morgan fingerprint density at radius 1 is 0.906 bits per heavy atom. The highest BCUT2D eigenvalue weighted by molar-refractivity contribution is 7.89. The predicted octanol–water partition coefficient (Wildman–Crippen LogP) is 3.99. The van der Waals surface area contributed by atoms with Crippen molar-refractivity contribution in [3.05, 3.63) is 70.0 Å². The van der Waals surface area contributed by atoms with Gasteiger partial charge in [0.25, 0.3) is 0 Å². The second-order valence-corrected chi connectivity index (χ2v) is 10.4. The molecule has 1 fully saturated rings. The number of nitrogens with zero attached hydrogens (tertiary/aromatic N) is 4. The van der Waals surface area contributed by atoms with E-state index in [1.165, 1.54) is 4.31 Å². The van der Waals surface area contributed by atoms with E-state index in [0.29, 0.717) is 29.2 Å². The Morgan fingerprint density at radius 3 is 2.34 bits per heavy atom. The van der Waals surface area contributed by atoms with E-state index in [4.69, 9.17) is 27.9 Å². The Hall–Kier alpha value is -2.23. The topological polar surface area (TPSA) is 75.6 Å². The maximum atomic E-state index is 13.2. The van der Waals surface area contributed by atoms with Gasteiger partial charge in [-0.3, -0.25) is 0 Å². The quantitative estimate of drug-likeness (QED) is 0.550. The number of hydrogen-bond acceptors (Lipinski definition) is 6. The molecular formula is C22H20Cl2N4O3S. The van der Waals surface area contributed by atoms with Crippen molar-refractivity contribution < 1.29 is 13.2 Å². The number of sulfonamides is 1. The molecule has 0 radical (unpaired) electrons. The van der Waals surface area contributed by atoms with Crippen LogP contribution in [0.1, 0.15) is 11.3 Å². The van der Waals surface area contributed by atoms with Gasteiger partial charge in [0, 0.05) is 31.4 Å². The first-order valence-corrected chi connectivity index (χ1v) is 12.3. The Kier molecular flexibility index (Phi) is 5.81. The van der Waals surface area contributed by atoms with Gasteiger partial charge in [0.2, 0.25) is 16.0 Å². The van der Waals surface area contributed by atoms with Crippen LogP contribution in [0.15, 0.2) is 53.6 Å². The zero-order chi connectivity index (χ0) is 22.3. The van der Waals surface area contributed by atoms with E-state index in [9.17, 15) is 8.42 Å². The molecule has 0 aliphatic carbocycles. The molecule has 7 nitrogen and oxygen atoms in total. The van der Waals surface area contributed by atoms with E-state index >= 15 is 0 Å². The van der Waals surface area contributed by atoms with E-state index in [1.54, 1.807) is 42.6 Å². The highest BCUT2D eigenvalue weighted by Crippen LogP contribution is 2.31. The molecule has 0 atom stereocenters. The number of rotatable bonds is 4. The number of hydrogen-bond donors (Lipinski definition) is 0. The molecule has 3 aromatic rings. The molecule has 2 aliphatic heterocycles. The summed E-state index contributed by atoms with van der Waals surface area (Å²) in [6.45, 7) is 3.22. The minimum atomic E-state index is -3.67. The Balaban J connectivity index is 1.35. The third-order valence-corrected chi connectivity index (χ3v) is 8.20. The average molecular weight is 491 g/mol. The minimum Gasteiger partial charge on any atom is -0.378 e. The van der Waals surface area contributed by atoms with Crippen LogP contribution in [0.2, 0.25) is 10.0 Å². The lowest BCUT2D eigenvalue weighted by Crippen LogP contribution is -2.37. The maximum Gasteiger partial charge on any atom is 0.243 e. The van der Waals surface area contributed by atoms with Gasteiger partial charge in [-0.1, -0.05) is 41.4 Å². The molecule has 5 rings (SSSR count). The number of ether oxygens (including phenoxy) is 1. The lowest BCUT2D eigenvalue weighted by Gasteiger charge is -2.26. The van der Waals surface area contributed by atoms with Crippen molar-refractivity contribution >= 4 is 39.2 Å². The summed E-state index contributed by atoms with van der Waals surface area (Å²) in [5.41, 5.74) is 3.30. The molecule has 2 aromatic carbocycles. The molecule has 0 amide bonds. The molecule has 3 heterocycles. The number of anilines is 1. The summed E-state index contributed by atoms with van der Waals surface area (Å²) in [4.78, 5) is 11.4. The van der Waals surface area contributed by atoms with Crippen LogP contribution in [0.3, 0.4) is 0 Å². The van der Waals surface area contributed by atoms with Crippen LogP contribution >= 0.6 is 23.2 Å². The molecule has 1 aromatic heterocycles. The second-order valence-electron chi connectivity index (χ2n) is 7.67. The van der Waals surface area contributed by atoms with Gasteiger partial charge in [-0.05, 0) is 35.4 Å². The van der Waals surface area contributed by atoms with E-state index < -0.39 is 10.0 Å². The van der Waals surface area contributed by atoms with E-state index in [1.807, 2.05) is 6.07 Å². The Bertz CT molecular complexity index is 1260. The molecule has 2 aliphatic rings. The molecule has 0 spiro atoms. The largest absolute Gasteiger partial charge is 0.378 e. The molecule has 0 saturated carbocycles. The summed E-state index contributed by atoms with van der Waals surface area (Å²) in [7, 11) is -3.67. The fourth-order valence-corrected chi connectivity index (χ4v) is 5.52. The Labute approximate surface area is 196 Å². The van der Waals surface area contributed by atoms with Gasteiger partial charge in [-0.25, -0.2) is 18.4 Å². The fourth-order valence-electron chi connectivity index (χ4n) is 3.84. The minimum absolute atomic E-state index is 0.228. The summed E-state index contributed by atoms with van der Waals surface area (Å²) < 4.78 is 33.3. The van der Waals surface area contributed by atoms with Crippen LogP contribution in [-0.2, 0) is 27.8 Å². The molecule has 166 valence electrons. The van der Waals surface area contributed by atoms with Gasteiger partial charge in [0.05, 0.1) is 40.4 Å². The highest BCUT2D eigenvalue weighted by atomic mass is 35.5. The summed E-state index contributed by atoms with van der Waals surface area (Å²) in [6.07, 6.45) is 1.73. The van der Waals surface area contributed by atoms with Crippen molar-refractivity contribution in [2.45, 2.75) is 18.0 Å². The number of fused-ring (bicyclic) bond motifs is 1. The smallest absolute Gasteiger partial charge is 0.243 e. The van der Waals surface area contributed by atoms with E-state index in [2.05, 4.69) is 14.9 Å². The lowest BCUT2D eigenvalue weighted by molar-refractivity contribution is 0.122. The van der Waals surface area contributed by atoms with E-state index in [-0.39, 0.29) is 18.0 Å². The van der Waals surface area contributed by atoms with Crippen molar-refractivity contribution in [3.8, 4) is 11.1 Å². The van der Waals surface area contributed by atoms with Gasteiger partial charge in [-0.15, -0.1) is 0 Å². The van der Waals surface area contributed by atoms with Crippen LogP contribution in [0.4, 0.5) is 5.95 Å². The number of benzene rings is 2. The number of halogens is 2. The zero-order valence-electron chi connectivity index (χ0n) is 17.0. The molecule has 10 heteroatoms. The summed E-state index contributed by atoms with van der Waals surface area (Å²) >= 11 is 12.1. The molecule has 1 saturated heterocycles. The van der Waals surface area contributed by atoms with Gasteiger partial charge < -0.3 is 9.64 Å². The molecule has 0 N–H and O–H groups in total. The van der Waals surface area contributed by atoms with Gasteiger partial charge in [-0.2, -0.15) is 4.31 Å². The van der Waals surface area contributed by atoms with E-state index in [0.717, 1.165) is 35.5 Å². The van der Waals surface area contributed by atoms with Crippen molar-refractivity contribution in [1.82, 2.24) is 14.3 Å². The van der Waals surface area contributed by atoms with Crippen LogP contribution in [0, 0.1) is 0 Å². The molecule has 32 heavy (non-hydrogen) atoms.